The number of sulfonamides is 1. The first kappa shape index (κ1) is 16.1. The van der Waals surface area contributed by atoms with Gasteiger partial charge in [0.15, 0.2) is 4.67 Å². The maximum absolute atomic E-state index is 12.1. The van der Waals surface area contributed by atoms with Crippen molar-refractivity contribution in [2.24, 2.45) is 0 Å². The number of halogens is 1. The van der Waals surface area contributed by atoms with E-state index in [1.165, 1.54) is 11.3 Å². The molecule has 0 aliphatic heterocycles. The summed E-state index contributed by atoms with van der Waals surface area (Å²) >= 11 is 4.36. The number of rotatable bonds is 6. The number of hydrogen-bond acceptors (Lipinski definition) is 6. The molecule has 0 aliphatic rings. The van der Waals surface area contributed by atoms with E-state index in [0.29, 0.717) is 6.42 Å². The Labute approximate surface area is 133 Å². The SMILES string of the molecule is Cc1csc(CCNS(=O)(=O)c2cc(C(=O)O)oc2Br)n1. The summed E-state index contributed by atoms with van der Waals surface area (Å²) in [6.45, 7) is 2.02. The minimum atomic E-state index is -3.84. The van der Waals surface area contributed by atoms with Gasteiger partial charge in [0.2, 0.25) is 15.8 Å². The maximum Gasteiger partial charge on any atom is 0.371 e. The minimum absolute atomic E-state index is 0.141. The van der Waals surface area contributed by atoms with Crippen LogP contribution in [0.3, 0.4) is 0 Å². The average molecular weight is 395 g/mol. The number of nitrogens with one attached hydrogen (secondary N) is 1. The van der Waals surface area contributed by atoms with Crippen molar-refractivity contribution >= 4 is 43.3 Å². The summed E-state index contributed by atoms with van der Waals surface area (Å²) in [7, 11) is -3.84. The van der Waals surface area contributed by atoms with E-state index >= 15 is 0 Å². The van der Waals surface area contributed by atoms with Gasteiger partial charge in [0.25, 0.3) is 0 Å². The Bertz CT molecular complexity index is 765. The van der Waals surface area contributed by atoms with Crippen LogP contribution in [0.15, 0.2) is 25.4 Å². The molecule has 0 radical (unpaired) electrons. The third-order valence-corrected chi connectivity index (χ3v) is 5.80. The zero-order valence-corrected chi connectivity index (χ0v) is 14.0. The smallest absolute Gasteiger partial charge is 0.371 e. The highest BCUT2D eigenvalue weighted by atomic mass is 79.9. The molecule has 0 unspecified atom stereocenters. The monoisotopic (exact) mass is 394 g/mol. The second kappa shape index (κ2) is 6.26. The van der Waals surface area contributed by atoms with Gasteiger partial charge < -0.3 is 9.52 Å². The summed E-state index contributed by atoms with van der Waals surface area (Å²) in [6.07, 6.45) is 0.457. The highest BCUT2D eigenvalue weighted by Crippen LogP contribution is 2.26. The van der Waals surface area contributed by atoms with E-state index in [4.69, 9.17) is 9.52 Å². The second-order valence-electron chi connectivity index (χ2n) is 4.08. The number of aromatic carboxylic acids is 1. The summed E-state index contributed by atoms with van der Waals surface area (Å²) in [6, 6.07) is 0.961. The molecule has 2 heterocycles. The summed E-state index contributed by atoms with van der Waals surface area (Å²) in [5, 5.41) is 11.5. The molecule has 0 saturated heterocycles. The van der Waals surface area contributed by atoms with Crippen LogP contribution in [0.2, 0.25) is 0 Å². The fourth-order valence-corrected chi connectivity index (χ4v) is 4.27. The lowest BCUT2D eigenvalue weighted by molar-refractivity contribution is 0.0661. The molecule has 0 aromatic carbocycles. The quantitative estimate of drug-likeness (QED) is 0.775. The zero-order chi connectivity index (χ0) is 15.6. The number of carboxylic acids is 1. The van der Waals surface area contributed by atoms with Crippen LogP contribution >= 0.6 is 27.3 Å². The van der Waals surface area contributed by atoms with Gasteiger partial charge in [-0.05, 0) is 22.9 Å². The lowest BCUT2D eigenvalue weighted by atomic mass is 10.4. The average Bonchev–Trinajstić information content (AvgIpc) is 2.96. The maximum atomic E-state index is 12.1. The van der Waals surface area contributed by atoms with Gasteiger partial charge >= 0.3 is 5.97 Å². The molecule has 10 heteroatoms. The molecular weight excluding hydrogens is 384 g/mol. The third kappa shape index (κ3) is 3.90. The van der Waals surface area contributed by atoms with Gasteiger partial charge in [-0.15, -0.1) is 11.3 Å². The van der Waals surface area contributed by atoms with Crippen LogP contribution in [0.1, 0.15) is 21.3 Å². The molecule has 7 nitrogen and oxygen atoms in total. The largest absolute Gasteiger partial charge is 0.475 e. The topological polar surface area (TPSA) is 110 Å². The van der Waals surface area contributed by atoms with E-state index in [1.807, 2.05) is 12.3 Å². The molecule has 2 aromatic heterocycles. The van der Waals surface area contributed by atoms with Gasteiger partial charge in [0.1, 0.15) is 4.90 Å². The van der Waals surface area contributed by atoms with E-state index < -0.39 is 21.8 Å². The molecule has 0 saturated carbocycles. The highest BCUT2D eigenvalue weighted by molar-refractivity contribution is 9.10. The molecule has 21 heavy (non-hydrogen) atoms. The number of carboxylic acid groups (broad SMARTS) is 1. The van der Waals surface area contributed by atoms with Gasteiger partial charge in [-0.1, -0.05) is 0 Å². The molecule has 0 amide bonds. The fraction of sp³-hybridized carbons (Fsp3) is 0.273. The standard InChI is InChI=1S/C11H11BrN2O5S2/c1-6-5-20-9(14-6)2-3-13-21(17,18)8-4-7(11(15)16)19-10(8)12/h4-5,13H,2-3H2,1H3,(H,15,16). The van der Waals surface area contributed by atoms with Crippen molar-refractivity contribution < 1.29 is 22.7 Å². The normalized spacial score (nSPS) is 11.7. The molecule has 2 N–H and O–H groups in total. The molecule has 0 aliphatic carbocycles. The molecule has 2 rings (SSSR count). The van der Waals surface area contributed by atoms with Crippen molar-refractivity contribution in [3.8, 4) is 0 Å². The summed E-state index contributed by atoms with van der Waals surface area (Å²) in [5.41, 5.74) is 0.890. The van der Waals surface area contributed by atoms with Crippen LogP contribution in [0.4, 0.5) is 0 Å². The summed E-state index contributed by atoms with van der Waals surface area (Å²) < 4.78 is 31.2. The number of furan rings is 1. The van der Waals surface area contributed by atoms with Gasteiger partial charge in [0, 0.05) is 30.1 Å². The Morgan fingerprint density at radius 2 is 2.29 bits per heavy atom. The van der Waals surface area contributed by atoms with E-state index in [0.717, 1.165) is 16.8 Å². The Kier molecular flexibility index (Phi) is 4.81. The number of nitrogens with zero attached hydrogens (tertiary/aromatic N) is 1. The molecule has 114 valence electrons. The van der Waals surface area contributed by atoms with Crippen molar-refractivity contribution in [2.45, 2.75) is 18.2 Å². The van der Waals surface area contributed by atoms with E-state index in [2.05, 4.69) is 25.6 Å². The Hall–Kier alpha value is -1.23. The minimum Gasteiger partial charge on any atom is -0.475 e. The number of aryl methyl sites for hydroxylation is 1. The predicted octanol–water partition coefficient (Wildman–Crippen LogP) is 2.03. The number of carbonyl (C=O) groups is 1. The van der Waals surface area contributed by atoms with Crippen LogP contribution in [0.5, 0.6) is 0 Å². The van der Waals surface area contributed by atoms with E-state index in [9.17, 15) is 13.2 Å². The zero-order valence-electron chi connectivity index (χ0n) is 10.8. The Morgan fingerprint density at radius 1 is 1.57 bits per heavy atom. The first-order chi connectivity index (χ1) is 9.79. The summed E-state index contributed by atoms with van der Waals surface area (Å²) in [5.74, 6) is -1.78. The number of aromatic nitrogens is 1. The van der Waals surface area contributed by atoms with Crippen molar-refractivity contribution in [1.82, 2.24) is 9.71 Å². The van der Waals surface area contributed by atoms with Crippen molar-refractivity contribution in [3.63, 3.8) is 0 Å². The fourth-order valence-electron chi connectivity index (χ4n) is 1.53. The van der Waals surface area contributed by atoms with Crippen LogP contribution in [-0.2, 0) is 16.4 Å². The molecule has 0 spiro atoms. The third-order valence-electron chi connectivity index (χ3n) is 2.45. The van der Waals surface area contributed by atoms with Crippen LogP contribution in [0.25, 0.3) is 0 Å². The van der Waals surface area contributed by atoms with E-state index in [-0.39, 0.29) is 16.1 Å². The van der Waals surface area contributed by atoms with Crippen molar-refractivity contribution in [1.29, 1.82) is 0 Å². The van der Waals surface area contributed by atoms with Gasteiger partial charge in [-0.2, -0.15) is 0 Å². The van der Waals surface area contributed by atoms with Crippen LogP contribution < -0.4 is 4.72 Å². The Balaban J connectivity index is 2.06. The lowest BCUT2D eigenvalue weighted by Gasteiger charge is -2.03. The number of thiazole rings is 1. The first-order valence-electron chi connectivity index (χ1n) is 5.73. The molecular formula is C11H11BrN2O5S2. The first-order valence-corrected chi connectivity index (χ1v) is 8.88. The van der Waals surface area contributed by atoms with Gasteiger partial charge in [-0.25, -0.2) is 22.9 Å². The molecule has 0 bridgehead atoms. The molecule has 2 aromatic rings. The predicted molar refractivity (Wildman–Crippen MR) is 79.1 cm³/mol. The van der Waals surface area contributed by atoms with E-state index in [1.54, 1.807) is 0 Å². The molecule has 0 fully saturated rings. The lowest BCUT2D eigenvalue weighted by Crippen LogP contribution is -2.25. The Morgan fingerprint density at radius 3 is 2.81 bits per heavy atom. The van der Waals surface area contributed by atoms with Crippen LogP contribution in [0, 0.1) is 6.92 Å². The number of hydrogen-bond donors (Lipinski definition) is 2. The van der Waals surface area contributed by atoms with Gasteiger partial charge in [0.05, 0.1) is 5.01 Å². The van der Waals surface area contributed by atoms with Gasteiger partial charge in [-0.3, -0.25) is 0 Å². The van der Waals surface area contributed by atoms with Crippen molar-refractivity contribution in [2.75, 3.05) is 6.54 Å². The second-order valence-corrected chi connectivity index (χ2v) is 7.48. The van der Waals surface area contributed by atoms with Crippen LogP contribution in [-0.4, -0.2) is 31.0 Å². The highest BCUT2D eigenvalue weighted by Gasteiger charge is 2.24. The summed E-state index contributed by atoms with van der Waals surface area (Å²) in [4.78, 5) is 14.7. The van der Waals surface area contributed by atoms with Crippen molar-refractivity contribution in [3.05, 3.63) is 32.6 Å². The molecule has 0 atom stereocenters.